The summed E-state index contributed by atoms with van der Waals surface area (Å²) >= 11 is 0. The van der Waals surface area contributed by atoms with Gasteiger partial charge in [0.2, 0.25) is 5.43 Å². The Balaban J connectivity index is 1.32. The van der Waals surface area contributed by atoms with Crippen LogP contribution in [0.15, 0.2) is 29.2 Å². The summed E-state index contributed by atoms with van der Waals surface area (Å²) in [7, 11) is 0. The van der Waals surface area contributed by atoms with Crippen molar-refractivity contribution in [3.63, 3.8) is 0 Å². The summed E-state index contributed by atoms with van der Waals surface area (Å²) in [5.74, 6) is -3.08. The quantitative estimate of drug-likeness (QED) is 0.676. The van der Waals surface area contributed by atoms with Gasteiger partial charge in [-0.15, -0.1) is 0 Å². The summed E-state index contributed by atoms with van der Waals surface area (Å²) in [6, 6.07) is 3.52. The molecule has 6 rings (SSSR count). The monoisotopic (exact) mass is 498 g/mol. The van der Waals surface area contributed by atoms with Gasteiger partial charge in [-0.1, -0.05) is 18.9 Å². The Hall–Kier alpha value is -3.27. The van der Waals surface area contributed by atoms with Crippen LogP contribution in [0.5, 0.6) is 5.75 Å². The summed E-state index contributed by atoms with van der Waals surface area (Å²) in [6.07, 6.45) is 7.48. The van der Waals surface area contributed by atoms with Crippen LogP contribution in [-0.2, 0) is 13.1 Å². The van der Waals surface area contributed by atoms with Crippen LogP contribution in [0.1, 0.15) is 64.9 Å². The number of halogens is 2. The lowest BCUT2D eigenvalue weighted by molar-refractivity contribution is -0.0772. The van der Waals surface area contributed by atoms with Gasteiger partial charge >= 0.3 is 0 Å². The van der Waals surface area contributed by atoms with Crippen LogP contribution in [0.3, 0.4) is 0 Å². The van der Waals surface area contributed by atoms with Crippen LogP contribution in [0, 0.1) is 17.6 Å². The minimum absolute atomic E-state index is 0.0576. The molecule has 3 atom stereocenters. The van der Waals surface area contributed by atoms with E-state index in [-0.39, 0.29) is 41.5 Å². The SMILES string of the molecule is O=C(NCc1ccc(F)cc1F)c1cn2c(c(O)c1=O)C(=O)N1[C@H]3CCCC[C@H]3CN(C3CC3)[C@@H]1C2. The van der Waals surface area contributed by atoms with Crippen molar-refractivity contribution in [2.24, 2.45) is 5.92 Å². The van der Waals surface area contributed by atoms with Crippen LogP contribution >= 0.6 is 0 Å². The maximum atomic E-state index is 14.0. The summed E-state index contributed by atoms with van der Waals surface area (Å²) < 4.78 is 28.6. The maximum Gasteiger partial charge on any atom is 0.276 e. The fourth-order valence-corrected chi connectivity index (χ4v) is 6.23. The Morgan fingerprint density at radius 1 is 1.08 bits per heavy atom. The van der Waals surface area contributed by atoms with Crippen LogP contribution in [0.4, 0.5) is 8.78 Å². The zero-order chi connectivity index (χ0) is 25.1. The molecule has 2 aliphatic heterocycles. The molecule has 1 aromatic heterocycles. The van der Waals surface area contributed by atoms with Gasteiger partial charge in [0.15, 0.2) is 11.4 Å². The number of hydrogen-bond acceptors (Lipinski definition) is 5. The lowest BCUT2D eigenvalue weighted by atomic mass is 9.80. The van der Waals surface area contributed by atoms with Gasteiger partial charge in [0.05, 0.1) is 6.54 Å². The second kappa shape index (κ2) is 8.69. The van der Waals surface area contributed by atoms with Gasteiger partial charge in [-0.3, -0.25) is 19.3 Å². The second-order valence-electron chi connectivity index (χ2n) is 10.4. The number of rotatable bonds is 4. The summed E-state index contributed by atoms with van der Waals surface area (Å²) in [5, 5.41) is 13.3. The number of fused-ring (bicyclic) bond motifs is 4. The molecule has 190 valence electrons. The molecule has 1 saturated heterocycles. The van der Waals surface area contributed by atoms with E-state index in [0.717, 1.165) is 51.1 Å². The molecule has 36 heavy (non-hydrogen) atoms. The summed E-state index contributed by atoms with van der Waals surface area (Å²) in [6.45, 7) is 1.02. The molecule has 3 heterocycles. The van der Waals surface area contributed by atoms with Gasteiger partial charge in [0.25, 0.3) is 11.8 Å². The number of carbonyl (C=O) groups excluding carboxylic acids is 2. The highest BCUT2D eigenvalue weighted by Gasteiger charge is 2.51. The molecule has 1 aromatic carbocycles. The number of nitrogens with one attached hydrogen (secondary N) is 1. The third kappa shape index (κ3) is 3.78. The minimum atomic E-state index is -0.943. The predicted molar refractivity (Wildman–Crippen MR) is 125 cm³/mol. The molecule has 2 saturated carbocycles. The largest absolute Gasteiger partial charge is 0.503 e. The van der Waals surface area contributed by atoms with E-state index in [1.54, 1.807) is 0 Å². The number of pyridine rings is 1. The topological polar surface area (TPSA) is 94.9 Å². The molecule has 2 amide bonds. The fourth-order valence-electron chi connectivity index (χ4n) is 6.23. The molecule has 10 heteroatoms. The van der Waals surface area contributed by atoms with Gasteiger partial charge in [-0.25, -0.2) is 8.78 Å². The number of aromatic nitrogens is 1. The highest BCUT2D eigenvalue weighted by atomic mass is 19.1. The van der Waals surface area contributed by atoms with Crippen LogP contribution in [-0.4, -0.2) is 56.1 Å². The number of nitrogens with zero attached hydrogens (tertiary/aromatic N) is 3. The van der Waals surface area contributed by atoms with E-state index in [4.69, 9.17) is 0 Å². The Kier molecular flexibility index (Phi) is 5.59. The number of carbonyl (C=O) groups is 2. The third-order valence-corrected chi connectivity index (χ3v) is 8.14. The second-order valence-corrected chi connectivity index (χ2v) is 10.4. The van der Waals surface area contributed by atoms with Gasteiger partial charge < -0.3 is 19.9 Å². The Bertz CT molecular complexity index is 1310. The Labute approximate surface area is 206 Å². The van der Waals surface area contributed by atoms with Crippen molar-refractivity contribution in [1.29, 1.82) is 0 Å². The molecule has 0 bridgehead atoms. The molecule has 0 spiro atoms. The Morgan fingerprint density at radius 2 is 1.86 bits per heavy atom. The van der Waals surface area contributed by atoms with Gasteiger partial charge in [-0.05, 0) is 37.7 Å². The summed E-state index contributed by atoms with van der Waals surface area (Å²) in [5.41, 5.74) is -1.30. The first-order valence-corrected chi connectivity index (χ1v) is 12.6. The molecule has 2 aromatic rings. The van der Waals surface area contributed by atoms with Crippen LogP contribution in [0.25, 0.3) is 0 Å². The average molecular weight is 499 g/mol. The molecule has 4 aliphatic rings. The lowest BCUT2D eigenvalue weighted by Crippen LogP contribution is -2.68. The number of hydrogen-bond donors (Lipinski definition) is 2. The molecule has 0 radical (unpaired) electrons. The first-order valence-electron chi connectivity index (χ1n) is 12.6. The standard InChI is InChI=1S/C26H28F2N4O4/c27-16-6-5-14(19(28)9-16)10-29-25(35)18-12-30-13-21-31(17-7-8-17)11-15-3-1-2-4-20(15)32(21)26(36)22(30)24(34)23(18)33/h5-6,9,12,15,17,20-21,34H,1-4,7-8,10-11,13H2,(H,29,35)/t15-,20-,21-/m0/s1. The molecular weight excluding hydrogens is 470 g/mol. The first-order chi connectivity index (χ1) is 17.3. The fraction of sp³-hybridized carbons (Fsp3) is 0.500. The van der Waals surface area contributed by atoms with Crippen molar-refractivity contribution in [3.8, 4) is 5.75 Å². The van der Waals surface area contributed by atoms with E-state index in [9.17, 15) is 28.3 Å². The van der Waals surface area contributed by atoms with Crippen molar-refractivity contribution in [2.45, 2.75) is 69.9 Å². The van der Waals surface area contributed by atoms with Crippen LogP contribution < -0.4 is 10.7 Å². The van der Waals surface area contributed by atoms with Gasteiger partial charge in [0.1, 0.15) is 23.4 Å². The van der Waals surface area contributed by atoms with Crippen molar-refractivity contribution in [2.75, 3.05) is 6.54 Å². The van der Waals surface area contributed by atoms with E-state index < -0.39 is 28.7 Å². The maximum absolute atomic E-state index is 14.0. The van der Waals surface area contributed by atoms with Crippen LogP contribution in [0.2, 0.25) is 0 Å². The van der Waals surface area contributed by atoms with E-state index in [1.807, 2.05) is 4.90 Å². The smallest absolute Gasteiger partial charge is 0.276 e. The van der Waals surface area contributed by atoms with Crippen molar-refractivity contribution in [1.82, 2.24) is 19.7 Å². The van der Waals surface area contributed by atoms with E-state index in [2.05, 4.69) is 10.2 Å². The molecular formula is C26H28F2N4O4. The first kappa shape index (κ1) is 23.1. The normalized spacial score (nSPS) is 25.7. The zero-order valence-corrected chi connectivity index (χ0v) is 19.8. The van der Waals surface area contributed by atoms with Gasteiger partial charge in [0, 0.05) is 43.0 Å². The van der Waals surface area contributed by atoms with E-state index >= 15 is 0 Å². The van der Waals surface area contributed by atoms with E-state index in [0.29, 0.717) is 24.6 Å². The summed E-state index contributed by atoms with van der Waals surface area (Å²) in [4.78, 5) is 43.8. The molecule has 0 unspecified atom stereocenters. The molecule has 2 N–H and O–H groups in total. The zero-order valence-electron chi connectivity index (χ0n) is 19.8. The van der Waals surface area contributed by atoms with Crippen molar-refractivity contribution < 1.29 is 23.5 Å². The predicted octanol–water partition coefficient (Wildman–Crippen LogP) is 2.58. The highest BCUT2D eigenvalue weighted by Crippen LogP contribution is 2.43. The molecule has 3 fully saturated rings. The minimum Gasteiger partial charge on any atom is -0.503 e. The third-order valence-electron chi connectivity index (χ3n) is 8.14. The van der Waals surface area contributed by atoms with Gasteiger partial charge in [-0.2, -0.15) is 0 Å². The molecule has 8 nitrogen and oxygen atoms in total. The van der Waals surface area contributed by atoms with E-state index in [1.165, 1.54) is 16.8 Å². The number of benzene rings is 1. The number of aromatic hydroxyl groups is 1. The average Bonchev–Trinajstić information content (AvgIpc) is 3.70. The number of amides is 2. The molecule has 2 aliphatic carbocycles. The lowest BCUT2D eigenvalue weighted by Gasteiger charge is -2.55. The van der Waals surface area contributed by atoms with Crippen molar-refractivity contribution >= 4 is 11.8 Å². The Morgan fingerprint density at radius 3 is 2.61 bits per heavy atom. The van der Waals surface area contributed by atoms with Crippen molar-refractivity contribution in [3.05, 3.63) is 63.1 Å². The highest BCUT2D eigenvalue weighted by molar-refractivity contribution is 5.99.